The number of phosphoric ester groups is 1. The number of phosphoric acid groups is 1. The Labute approximate surface area is 347 Å². The van der Waals surface area contributed by atoms with Gasteiger partial charge >= 0.3 is 19.8 Å². The van der Waals surface area contributed by atoms with Gasteiger partial charge in [-0.05, 0) is 77.0 Å². The van der Waals surface area contributed by atoms with E-state index in [1.165, 1.54) is 89.9 Å². The van der Waals surface area contributed by atoms with Crippen LogP contribution in [0.3, 0.4) is 0 Å². The molecule has 0 saturated heterocycles. The van der Waals surface area contributed by atoms with Crippen LogP contribution in [0, 0.1) is 0 Å². The largest absolute Gasteiger partial charge is 0.472 e. The Bertz CT molecular complexity index is 1010. The predicted molar refractivity (Wildman–Crippen MR) is 233 cm³/mol. The number of aliphatic hydroxyl groups excluding tert-OH is 2. The molecule has 0 aromatic carbocycles. The maximum absolute atomic E-state index is 12.4. The maximum atomic E-state index is 12.4. The predicted octanol–water partition coefficient (Wildman–Crippen LogP) is 12.1. The number of ether oxygens (including phenoxy) is 2. The lowest BCUT2D eigenvalue weighted by Gasteiger charge is -2.20. The summed E-state index contributed by atoms with van der Waals surface area (Å²) in [5.74, 6) is -1.03. The number of carbonyl (C=O) groups excluding carboxylic acids is 2. The van der Waals surface area contributed by atoms with Gasteiger partial charge in [0.1, 0.15) is 12.2 Å². The number of esters is 2. The third-order valence-corrected chi connectivity index (χ3v) is 10.5. The van der Waals surface area contributed by atoms with Crippen LogP contribution in [-0.4, -0.2) is 65.7 Å². The minimum absolute atomic E-state index is 0.182. The van der Waals surface area contributed by atoms with Crippen molar-refractivity contribution in [2.75, 3.05) is 26.4 Å². The van der Waals surface area contributed by atoms with Gasteiger partial charge in [-0.3, -0.25) is 18.6 Å². The second kappa shape index (κ2) is 42.1. The highest BCUT2D eigenvalue weighted by Crippen LogP contribution is 2.43. The highest BCUT2D eigenvalue weighted by Gasteiger charge is 2.27. The molecule has 11 heteroatoms. The first-order valence-corrected chi connectivity index (χ1v) is 24.1. The van der Waals surface area contributed by atoms with Gasteiger partial charge in [0.05, 0.1) is 26.4 Å². The molecule has 332 valence electrons. The number of hydrogen-bond donors (Lipinski definition) is 3. The maximum Gasteiger partial charge on any atom is 0.472 e. The van der Waals surface area contributed by atoms with Crippen molar-refractivity contribution in [2.24, 2.45) is 0 Å². The Hall–Kier alpha value is -2.07. The number of hydrogen-bond acceptors (Lipinski definition) is 9. The van der Waals surface area contributed by atoms with Gasteiger partial charge in [-0.2, -0.15) is 0 Å². The molecule has 0 aliphatic rings. The summed E-state index contributed by atoms with van der Waals surface area (Å²) < 4.78 is 32.6. The monoisotopic (exact) mass is 827 g/mol. The van der Waals surface area contributed by atoms with Crippen molar-refractivity contribution in [1.29, 1.82) is 0 Å². The first-order valence-electron chi connectivity index (χ1n) is 22.6. The Morgan fingerprint density at radius 2 is 0.772 bits per heavy atom. The molecule has 0 saturated carbocycles. The van der Waals surface area contributed by atoms with Crippen LogP contribution in [0.25, 0.3) is 0 Å². The van der Waals surface area contributed by atoms with Gasteiger partial charge in [0.25, 0.3) is 0 Å². The van der Waals surface area contributed by atoms with Crippen LogP contribution in [0.4, 0.5) is 0 Å². The normalized spacial score (nSPS) is 14.3. The fraction of sp³-hybridized carbons (Fsp3) is 0.783. The SMILES string of the molecule is CCCCC/C=C\C/C=C\CCCCCCCCCC(=O)OC(CO)COP(=O)(O)OCC(CO)OC(=O)CCCCCCCCC/C=C\C/C=C\CCCCC. The van der Waals surface area contributed by atoms with Crippen LogP contribution < -0.4 is 0 Å². The van der Waals surface area contributed by atoms with Crippen LogP contribution in [-0.2, 0) is 32.7 Å². The van der Waals surface area contributed by atoms with Gasteiger partial charge in [-0.15, -0.1) is 0 Å². The summed E-state index contributed by atoms with van der Waals surface area (Å²) in [6.45, 7) is 2.14. The average molecular weight is 827 g/mol. The fourth-order valence-corrected chi connectivity index (χ4v) is 6.78. The molecule has 0 rings (SSSR count). The summed E-state index contributed by atoms with van der Waals surface area (Å²) in [6, 6.07) is 0. The molecule has 0 aromatic heterocycles. The summed E-state index contributed by atoms with van der Waals surface area (Å²) in [5, 5.41) is 19.2. The van der Waals surface area contributed by atoms with Crippen molar-refractivity contribution in [3.63, 3.8) is 0 Å². The highest BCUT2D eigenvalue weighted by atomic mass is 31.2. The molecule has 0 fully saturated rings. The summed E-state index contributed by atoms with van der Waals surface area (Å²) in [5.41, 5.74) is 0. The van der Waals surface area contributed by atoms with Crippen molar-refractivity contribution in [1.82, 2.24) is 0 Å². The molecule has 0 bridgehead atoms. The van der Waals surface area contributed by atoms with Crippen LogP contribution in [0.2, 0.25) is 0 Å². The van der Waals surface area contributed by atoms with E-state index in [0.717, 1.165) is 64.2 Å². The van der Waals surface area contributed by atoms with E-state index in [1.807, 2.05) is 0 Å². The first-order chi connectivity index (χ1) is 27.8. The lowest BCUT2D eigenvalue weighted by atomic mass is 10.1. The standard InChI is InChI=1S/C46H83O10P/c1-3-5-7-9-11-13-15-17-19-21-23-25-27-29-31-33-35-37-45(49)55-43(39-47)41-53-57(51,52)54-42-44(40-48)56-46(50)38-36-34-32-30-28-26-24-22-20-18-16-14-12-10-8-6-4-2/h11-14,17-20,43-44,47-48H,3-10,15-16,21-42H2,1-2H3,(H,51,52)/b13-11-,14-12-,19-17-,20-18-. The van der Waals surface area contributed by atoms with Crippen molar-refractivity contribution in [3.8, 4) is 0 Å². The molecule has 57 heavy (non-hydrogen) atoms. The molecule has 3 N–H and O–H groups in total. The summed E-state index contributed by atoms with van der Waals surface area (Å²) >= 11 is 0. The molecular weight excluding hydrogens is 743 g/mol. The molecule has 2 unspecified atom stereocenters. The zero-order valence-electron chi connectivity index (χ0n) is 36.0. The van der Waals surface area contributed by atoms with Gasteiger partial charge in [0.2, 0.25) is 0 Å². The number of rotatable bonds is 42. The lowest BCUT2D eigenvalue weighted by molar-refractivity contribution is -0.153. The lowest BCUT2D eigenvalue weighted by Crippen LogP contribution is -2.28. The molecule has 0 amide bonds. The number of allylic oxidation sites excluding steroid dienone is 8. The van der Waals surface area contributed by atoms with E-state index in [1.54, 1.807) is 0 Å². The smallest absolute Gasteiger partial charge is 0.457 e. The van der Waals surface area contributed by atoms with Gasteiger partial charge in [-0.1, -0.05) is 152 Å². The quantitative estimate of drug-likeness (QED) is 0.0235. The minimum atomic E-state index is -4.64. The van der Waals surface area contributed by atoms with Gasteiger partial charge in [0, 0.05) is 12.8 Å². The van der Waals surface area contributed by atoms with Crippen LogP contribution >= 0.6 is 7.82 Å². The van der Waals surface area contributed by atoms with Gasteiger partial charge in [0.15, 0.2) is 0 Å². The molecule has 2 atom stereocenters. The van der Waals surface area contributed by atoms with Crippen LogP contribution in [0.1, 0.15) is 194 Å². The van der Waals surface area contributed by atoms with E-state index < -0.39 is 58.4 Å². The molecule has 0 heterocycles. The van der Waals surface area contributed by atoms with Crippen LogP contribution in [0.15, 0.2) is 48.6 Å². The highest BCUT2D eigenvalue weighted by molar-refractivity contribution is 7.47. The van der Waals surface area contributed by atoms with Crippen molar-refractivity contribution in [2.45, 2.75) is 206 Å². The molecule has 0 radical (unpaired) electrons. The Balaban J connectivity index is 3.93. The second-order valence-corrected chi connectivity index (χ2v) is 16.5. The third-order valence-electron chi connectivity index (χ3n) is 9.51. The molecule has 0 aromatic rings. The molecule has 10 nitrogen and oxygen atoms in total. The fourth-order valence-electron chi connectivity index (χ4n) is 6.00. The number of aliphatic hydroxyl groups is 2. The van der Waals surface area contributed by atoms with E-state index >= 15 is 0 Å². The Kier molecular flexibility index (Phi) is 40.5. The van der Waals surface area contributed by atoms with Crippen molar-refractivity contribution < 1.29 is 47.8 Å². The summed E-state index contributed by atoms with van der Waals surface area (Å²) in [7, 11) is -4.64. The van der Waals surface area contributed by atoms with E-state index in [0.29, 0.717) is 12.8 Å². The summed E-state index contributed by atoms with van der Waals surface area (Å²) in [6.07, 6.45) is 45.0. The van der Waals surface area contributed by atoms with E-state index in [4.69, 9.17) is 18.5 Å². The van der Waals surface area contributed by atoms with E-state index in [2.05, 4.69) is 62.5 Å². The van der Waals surface area contributed by atoms with E-state index in [-0.39, 0.29) is 12.8 Å². The molecule has 0 spiro atoms. The van der Waals surface area contributed by atoms with Crippen molar-refractivity contribution >= 4 is 19.8 Å². The minimum Gasteiger partial charge on any atom is -0.457 e. The zero-order valence-corrected chi connectivity index (χ0v) is 36.9. The van der Waals surface area contributed by atoms with E-state index in [9.17, 15) is 29.3 Å². The first kappa shape index (κ1) is 54.9. The molecule has 0 aliphatic carbocycles. The Morgan fingerprint density at radius 3 is 1.09 bits per heavy atom. The topological polar surface area (TPSA) is 149 Å². The van der Waals surface area contributed by atoms with Gasteiger partial charge < -0.3 is 24.6 Å². The zero-order chi connectivity index (χ0) is 41.9. The molecular formula is C46H83O10P. The molecule has 0 aliphatic heterocycles. The number of carbonyl (C=O) groups is 2. The van der Waals surface area contributed by atoms with Crippen molar-refractivity contribution in [3.05, 3.63) is 48.6 Å². The number of unbranched alkanes of at least 4 members (excludes halogenated alkanes) is 20. The third kappa shape index (κ3) is 40.5. The summed E-state index contributed by atoms with van der Waals surface area (Å²) in [4.78, 5) is 34.6. The van der Waals surface area contributed by atoms with Gasteiger partial charge in [-0.25, -0.2) is 4.57 Å². The second-order valence-electron chi connectivity index (χ2n) is 15.0. The van der Waals surface area contributed by atoms with Crippen LogP contribution in [0.5, 0.6) is 0 Å². The Morgan fingerprint density at radius 1 is 0.474 bits per heavy atom. The average Bonchev–Trinajstić information content (AvgIpc) is 3.20.